The SMILES string of the molecule is CCN(C)C=Nc1cc(C)c(S(C)(=O)=NC(=O)c2cccc(C)c2)cc1Cl. The molecule has 0 spiro atoms. The fraction of sp³-hybridized carbons (Fsp3) is 0.300. The monoisotopic (exact) mass is 405 g/mol. The van der Waals surface area contributed by atoms with Gasteiger partial charge in [0.1, 0.15) is 0 Å². The number of benzene rings is 2. The molecule has 144 valence electrons. The zero-order valence-corrected chi connectivity index (χ0v) is 17.8. The number of carbonyl (C=O) groups excluding carboxylic acids is 1. The van der Waals surface area contributed by atoms with Gasteiger partial charge < -0.3 is 4.90 Å². The molecule has 1 atom stereocenters. The summed E-state index contributed by atoms with van der Waals surface area (Å²) >= 11 is 6.32. The van der Waals surface area contributed by atoms with Crippen LogP contribution in [0.2, 0.25) is 5.02 Å². The number of hydrogen-bond donors (Lipinski definition) is 0. The van der Waals surface area contributed by atoms with Crippen LogP contribution in [0, 0.1) is 13.8 Å². The van der Waals surface area contributed by atoms with Gasteiger partial charge in [-0.2, -0.15) is 4.36 Å². The fourth-order valence-electron chi connectivity index (χ4n) is 2.44. The molecule has 0 saturated carbocycles. The fourth-order valence-corrected chi connectivity index (χ4v) is 4.23. The van der Waals surface area contributed by atoms with E-state index in [1.54, 1.807) is 36.7 Å². The maximum atomic E-state index is 13.2. The second kappa shape index (κ2) is 8.67. The maximum absolute atomic E-state index is 13.2. The molecule has 1 amide bonds. The largest absolute Gasteiger partial charge is 0.366 e. The van der Waals surface area contributed by atoms with Gasteiger partial charge in [-0.05, 0) is 50.6 Å². The quantitative estimate of drug-likeness (QED) is 0.526. The smallest absolute Gasteiger partial charge is 0.285 e. The number of aliphatic imine (C=N–C) groups is 1. The summed E-state index contributed by atoms with van der Waals surface area (Å²) in [5, 5.41) is 0.365. The van der Waals surface area contributed by atoms with Gasteiger partial charge in [-0.1, -0.05) is 29.3 Å². The maximum Gasteiger partial charge on any atom is 0.285 e. The number of halogens is 1. The minimum atomic E-state index is -2.95. The second-order valence-electron chi connectivity index (χ2n) is 6.46. The van der Waals surface area contributed by atoms with Crippen molar-refractivity contribution in [2.45, 2.75) is 25.7 Å². The van der Waals surface area contributed by atoms with Crippen molar-refractivity contribution in [2.24, 2.45) is 9.36 Å². The number of aryl methyl sites for hydroxylation is 2. The summed E-state index contributed by atoms with van der Waals surface area (Å²) in [6, 6.07) is 10.4. The van der Waals surface area contributed by atoms with Gasteiger partial charge in [0.2, 0.25) is 0 Å². The summed E-state index contributed by atoms with van der Waals surface area (Å²) in [6.45, 7) is 6.53. The summed E-state index contributed by atoms with van der Waals surface area (Å²) in [7, 11) is -1.04. The molecule has 0 aliphatic carbocycles. The van der Waals surface area contributed by atoms with Gasteiger partial charge in [0.15, 0.2) is 0 Å². The average Bonchev–Trinajstić information content (AvgIpc) is 2.61. The molecule has 2 aromatic carbocycles. The van der Waals surface area contributed by atoms with Crippen molar-refractivity contribution >= 4 is 39.3 Å². The highest BCUT2D eigenvalue weighted by Crippen LogP contribution is 2.31. The van der Waals surface area contributed by atoms with Crippen LogP contribution < -0.4 is 0 Å². The summed E-state index contributed by atoms with van der Waals surface area (Å²) in [4.78, 5) is 19.2. The molecule has 27 heavy (non-hydrogen) atoms. The molecule has 2 rings (SSSR count). The lowest BCUT2D eigenvalue weighted by Crippen LogP contribution is -2.14. The zero-order chi connectivity index (χ0) is 20.2. The van der Waals surface area contributed by atoms with E-state index in [1.165, 1.54) is 6.26 Å². The van der Waals surface area contributed by atoms with Crippen LogP contribution in [0.3, 0.4) is 0 Å². The first-order valence-corrected chi connectivity index (χ1v) is 10.8. The van der Waals surface area contributed by atoms with Crippen LogP contribution in [0.15, 0.2) is 50.6 Å². The Labute approximate surface area is 166 Å². The van der Waals surface area contributed by atoms with E-state index in [1.807, 2.05) is 38.8 Å². The van der Waals surface area contributed by atoms with Crippen LogP contribution >= 0.6 is 11.6 Å². The van der Waals surface area contributed by atoms with Crippen molar-refractivity contribution in [1.82, 2.24) is 4.90 Å². The first-order chi connectivity index (χ1) is 12.6. The predicted octanol–water partition coefficient (Wildman–Crippen LogP) is 4.87. The second-order valence-corrected chi connectivity index (χ2v) is 9.09. The highest BCUT2D eigenvalue weighted by atomic mass is 35.5. The first kappa shape index (κ1) is 21.1. The third-order valence-electron chi connectivity index (χ3n) is 4.07. The van der Waals surface area contributed by atoms with Gasteiger partial charge in [0.25, 0.3) is 5.91 Å². The van der Waals surface area contributed by atoms with Gasteiger partial charge >= 0.3 is 0 Å². The molecule has 0 aromatic heterocycles. The third-order valence-corrected chi connectivity index (χ3v) is 6.14. The Morgan fingerprint density at radius 1 is 1.26 bits per heavy atom. The molecule has 0 fully saturated rings. The Hall–Kier alpha value is -2.18. The van der Waals surface area contributed by atoms with E-state index in [9.17, 15) is 9.00 Å². The van der Waals surface area contributed by atoms with E-state index >= 15 is 0 Å². The molecule has 0 radical (unpaired) electrons. The Kier molecular flexibility index (Phi) is 6.78. The molecule has 7 heteroatoms. The molecule has 0 bridgehead atoms. The predicted molar refractivity (Wildman–Crippen MR) is 113 cm³/mol. The molecule has 0 heterocycles. The van der Waals surface area contributed by atoms with Crippen molar-refractivity contribution in [3.8, 4) is 0 Å². The topological polar surface area (TPSA) is 62.1 Å². The molecule has 0 saturated heterocycles. The van der Waals surface area contributed by atoms with Crippen molar-refractivity contribution in [1.29, 1.82) is 0 Å². The highest BCUT2D eigenvalue weighted by Gasteiger charge is 2.16. The zero-order valence-electron chi connectivity index (χ0n) is 16.2. The van der Waals surface area contributed by atoms with E-state index in [0.717, 1.165) is 17.7 Å². The third kappa shape index (κ3) is 5.40. The van der Waals surface area contributed by atoms with Crippen molar-refractivity contribution in [3.05, 3.63) is 58.1 Å². The van der Waals surface area contributed by atoms with Crippen molar-refractivity contribution in [2.75, 3.05) is 19.8 Å². The summed E-state index contributed by atoms with van der Waals surface area (Å²) < 4.78 is 17.2. The molecule has 2 aromatic rings. The molecule has 1 unspecified atom stereocenters. The van der Waals surface area contributed by atoms with Crippen molar-refractivity contribution < 1.29 is 9.00 Å². The summed E-state index contributed by atoms with van der Waals surface area (Å²) in [5.41, 5.74) is 2.66. The van der Waals surface area contributed by atoms with Gasteiger partial charge in [-0.25, -0.2) is 9.20 Å². The van der Waals surface area contributed by atoms with Crippen LogP contribution in [0.4, 0.5) is 5.69 Å². The van der Waals surface area contributed by atoms with Crippen LogP contribution in [-0.4, -0.2) is 41.2 Å². The summed E-state index contributed by atoms with van der Waals surface area (Å²) in [6.07, 6.45) is 3.14. The van der Waals surface area contributed by atoms with Gasteiger partial charge in [-0.3, -0.25) is 4.79 Å². The van der Waals surface area contributed by atoms with Crippen LogP contribution in [-0.2, 0) is 9.73 Å². The van der Waals surface area contributed by atoms with Gasteiger partial charge in [0.05, 0.1) is 31.7 Å². The molecule has 0 N–H and O–H groups in total. The lowest BCUT2D eigenvalue weighted by Gasteiger charge is -2.12. The van der Waals surface area contributed by atoms with E-state index in [0.29, 0.717) is 21.2 Å². The molecular weight excluding hydrogens is 382 g/mol. The highest BCUT2D eigenvalue weighted by molar-refractivity contribution is 7.93. The minimum absolute atomic E-state index is 0.365. The van der Waals surface area contributed by atoms with Gasteiger partial charge in [-0.15, -0.1) is 0 Å². The molecule has 0 aliphatic rings. The number of nitrogens with zero attached hydrogens (tertiary/aromatic N) is 3. The Bertz CT molecular complexity index is 1010. The van der Waals surface area contributed by atoms with E-state index < -0.39 is 15.6 Å². The van der Waals surface area contributed by atoms with Gasteiger partial charge in [0, 0.05) is 25.4 Å². The van der Waals surface area contributed by atoms with E-state index in [-0.39, 0.29) is 0 Å². The number of amides is 1. The minimum Gasteiger partial charge on any atom is -0.366 e. The lowest BCUT2D eigenvalue weighted by molar-refractivity contribution is 0.100. The average molecular weight is 406 g/mol. The first-order valence-electron chi connectivity index (χ1n) is 8.51. The standard InChI is InChI=1S/C20H24ClN3O2S/c1-6-24(4)13-22-18-11-15(3)19(12-17(18)21)27(5,26)23-20(25)16-9-7-8-14(2)10-16/h7-13H,6H2,1-5H3. The Morgan fingerprint density at radius 2 is 1.96 bits per heavy atom. The van der Waals surface area contributed by atoms with Crippen LogP contribution in [0.25, 0.3) is 0 Å². The lowest BCUT2D eigenvalue weighted by atomic mass is 10.1. The van der Waals surface area contributed by atoms with Crippen molar-refractivity contribution in [3.63, 3.8) is 0 Å². The van der Waals surface area contributed by atoms with E-state index in [4.69, 9.17) is 11.6 Å². The van der Waals surface area contributed by atoms with Crippen LogP contribution in [0.5, 0.6) is 0 Å². The van der Waals surface area contributed by atoms with Crippen LogP contribution in [0.1, 0.15) is 28.4 Å². The molecular formula is C20H24ClN3O2S. The number of carbonyl (C=O) groups is 1. The van der Waals surface area contributed by atoms with E-state index in [2.05, 4.69) is 9.36 Å². The molecule has 5 nitrogen and oxygen atoms in total. The normalized spacial score (nSPS) is 13.4. The Balaban J connectivity index is 2.44. The summed E-state index contributed by atoms with van der Waals surface area (Å²) in [5.74, 6) is -0.506. The molecule has 0 aliphatic heterocycles. The Morgan fingerprint density at radius 3 is 2.59 bits per heavy atom. The number of rotatable bonds is 5. The number of hydrogen-bond acceptors (Lipinski definition) is 3.